The third kappa shape index (κ3) is 8.12. The van der Waals surface area contributed by atoms with E-state index in [2.05, 4.69) is 32.9 Å². The number of ketones is 2. The molecule has 2 rings (SSSR count). The molecule has 0 saturated heterocycles. The summed E-state index contributed by atoms with van der Waals surface area (Å²) in [5.74, 6) is -0.342. The minimum absolute atomic E-state index is 0.0428. The second-order valence-corrected chi connectivity index (χ2v) is 8.73. The van der Waals surface area contributed by atoms with Crippen molar-refractivity contribution < 1.29 is 19.1 Å². The van der Waals surface area contributed by atoms with Gasteiger partial charge < -0.3 is 4.74 Å². The van der Waals surface area contributed by atoms with Gasteiger partial charge in [-0.15, -0.1) is 0 Å². The first-order valence-corrected chi connectivity index (χ1v) is 11.0. The average Bonchev–Trinajstić information content (AvgIpc) is 3.02. The van der Waals surface area contributed by atoms with E-state index in [4.69, 9.17) is 4.74 Å². The molecule has 0 spiro atoms. The van der Waals surface area contributed by atoms with Gasteiger partial charge in [0.2, 0.25) is 0 Å². The second kappa shape index (κ2) is 11.6. The Hall–Kier alpha value is -2.75. The molecule has 0 N–H and O–H groups in total. The van der Waals surface area contributed by atoms with E-state index >= 15 is 0 Å². The topological polar surface area (TPSA) is 60.4 Å². The first-order valence-electron chi connectivity index (χ1n) is 11.0. The minimum atomic E-state index is -0.186. The molecule has 1 aliphatic heterocycles. The van der Waals surface area contributed by atoms with Crippen molar-refractivity contribution in [2.45, 2.75) is 79.2 Å². The highest BCUT2D eigenvalue weighted by molar-refractivity contribution is 6.20. The van der Waals surface area contributed by atoms with Crippen LogP contribution in [0, 0.1) is 0 Å². The standard InChI is InChI=1S/C27H34O4/c1-18(2)8-6-11-23-17-25(31-27(23)30)14-20(4)10-7-9-19(3)12-13-22-16-24(28)15-21(5)26(22)29/h8,10,12,15-17,25H,6-7,9,11,13-14H2,1-5H3/b19-12+,20-10+/t25-/m1/s1. The largest absolute Gasteiger partial charge is 0.454 e. The van der Waals surface area contributed by atoms with Crippen LogP contribution in [0.4, 0.5) is 0 Å². The Morgan fingerprint density at radius 1 is 0.935 bits per heavy atom. The molecular weight excluding hydrogens is 388 g/mol. The Bertz CT molecular complexity index is 915. The molecule has 0 aromatic carbocycles. The van der Waals surface area contributed by atoms with Crippen molar-refractivity contribution in [1.29, 1.82) is 0 Å². The molecule has 0 aromatic heterocycles. The number of Topliss-reactive ketones (excluding diaryl/α,β-unsaturated/α-hetero) is 1. The zero-order valence-electron chi connectivity index (χ0n) is 19.4. The van der Waals surface area contributed by atoms with E-state index < -0.39 is 0 Å². The number of esters is 1. The minimum Gasteiger partial charge on any atom is -0.454 e. The van der Waals surface area contributed by atoms with Crippen LogP contribution in [0.3, 0.4) is 0 Å². The van der Waals surface area contributed by atoms with Gasteiger partial charge in [0, 0.05) is 23.1 Å². The molecule has 0 unspecified atom stereocenters. The zero-order chi connectivity index (χ0) is 23.0. The lowest BCUT2D eigenvalue weighted by molar-refractivity contribution is -0.139. The lowest BCUT2D eigenvalue weighted by atomic mass is 9.94. The van der Waals surface area contributed by atoms with Gasteiger partial charge in [0.05, 0.1) is 0 Å². The van der Waals surface area contributed by atoms with Crippen molar-refractivity contribution >= 4 is 17.5 Å². The van der Waals surface area contributed by atoms with Crippen LogP contribution in [0.2, 0.25) is 0 Å². The summed E-state index contributed by atoms with van der Waals surface area (Å²) in [4.78, 5) is 35.7. The third-order valence-corrected chi connectivity index (χ3v) is 5.42. The summed E-state index contributed by atoms with van der Waals surface area (Å²) in [6, 6.07) is 0. The number of hydrogen-bond acceptors (Lipinski definition) is 4. The highest BCUT2D eigenvalue weighted by Crippen LogP contribution is 2.24. The van der Waals surface area contributed by atoms with Crippen LogP contribution in [-0.2, 0) is 19.1 Å². The van der Waals surface area contributed by atoms with E-state index in [-0.39, 0.29) is 23.6 Å². The van der Waals surface area contributed by atoms with Gasteiger partial charge in [0.15, 0.2) is 11.6 Å². The van der Waals surface area contributed by atoms with E-state index in [9.17, 15) is 14.4 Å². The predicted octanol–water partition coefficient (Wildman–Crippen LogP) is 6.06. The molecule has 4 nitrogen and oxygen atoms in total. The molecule has 166 valence electrons. The molecule has 1 aliphatic carbocycles. The molecule has 0 saturated carbocycles. The van der Waals surface area contributed by atoms with Crippen LogP contribution >= 0.6 is 0 Å². The van der Waals surface area contributed by atoms with E-state index in [0.717, 1.165) is 37.7 Å². The molecule has 0 bridgehead atoms. The fourth-order valence-corrected chi connectivity index (χ4v) is 3.64. The van der Waals surface area contributed by atoms with Crippen LogP contribution in [0.25, 0.3) is 0 Å². The van der Waals surface area contributed by atoms with Gasteiger partial charge in [-0.3, -0.25) is 9.59 Å². The molecule has 1 heterocycles. The molecule has 1 atom stereocenters. The highest BCUT2D eigenvalue weighted by atomic mass is 16.5. The molecular formula is C27H34O4. The lowest BCUT2D eigenvalue weighted by Gasteiger charge is -2.10. The Morgan fingerprint density at radius 3 is 2.39 bits per heavy atom. The summed E-state index contributed by atoms with van der Waals surface area (Å²) < 4.78 is 5.49. The molecule has 31 heavy (non-hydrogen) atoms. The van der Waals surface area contributed by atoms with Gasteiger partial charge >= 0.3 is 5.97 Å². The monoisotopic (exact) mass is 422 g/mol. The highest BCUT2D eigenvalue weighted by Gasteiger charge is 2.24. The second-order valence-electron chi connectivity index (χ2n) is 8.73. The number of hydrogen-bond donors (Lipinski definition) is 0. The molecule has 2 aliphatic rings. The van der Waals surface area contributed by atoms with Gasteiger partial charge in [-0.05, 0) is 85.0 Å². The molecule has 0 aromatic rings. The summed E-state index contributed by atoms with van der Waals surface area (Å²) in [5.41, 5.74) is 5.49. The van der Waals surface area contributed by atoms with E-state index in [0.29, 0.717) is 17.6 Å². The predicted molar refractivity (Wildman–Crippen MR) is 124 cm³/mol. The first kappa shape index (κ1) is 24.5. The maximum Gasteiger partial charge on any atom is 0.334 e. The average molecular weight is 423 g/mol. The van der Waals surface area contributed by atoms with Gasteiger partial charge in [0.1, 0.15) is 6.10 Å². The van der Waals surface area contributed by atoms with Crippen LogP contribution in [0.15, 0.2) is 69.9 Å². The van der Waals surface area contributed by atoms with Crippen molar-refractivity contribution in [1.82, 2.24) is 0 Å². The molecule has 0 radical (unpaired) electrons. The van der Waals surface area contributed by atoms with Crippen molar-refractivity contribution in [3.8, 4) is 0 Å². The Labute approximate surface area is 186 Å². The Morgan fingerprint density at radius 2 is 1.68 bits per heavy atom. The van der Waals surface area contributed by atoms with Gasteiger partial charge in [0.25, 0.3) is 0 Å². The maximum atomic E-state index is 12.1. The zero-order valence-corrected chi connectivity index (χ0v) is 19.4. The fraction of sp³-hybridized carbons (Fsp3) is 0.444. The van der Waals surface area contributed by atoms with Crippen LogP contribution in [0.1, 0.15) is 73.1 Å². The van der Waals surface area contributed by atoms with E-state index in [1.54, 1.807) is 6.92 Å². The third-order valence-electron chi connectivity index (χ3n) is 5.42. The summed E-state index contributed by atoms with van der Waals surface area (Å²) in [5, 5.41) is 0. The Kier molecular flexibility index (Phi) is 9.17. The van der Waals surface area contributed by atoms with Crippen molar-refractivity contribution in [3.63, 3.8) is 0 Å². The Balaban J connectivity index is 1.79. The summed E-state index contributed by atoms with van der Waals surface area (Å²) in [7, 11) is 0. The lowest BCUT2D eigenvalue weighted by Crippen LogP contribution is -2.12. The number of carbonyl (C=O) groups excluding carboxylic acids is 3. The summed E-state index contributed by atoms with van der Waals surface area (Å²) in [6.45, 7) is 9.90. The van der Waals surface area contributed by atoms with Gasteiger partial charge in [-0.2, -0.15) is 0 Å². The fourth-order valence-electron chi connectivity index (χ4n) is 3.64. The van der Waals surface area contributed by atoms with Crippen LogP contribution in [-0.4, -0.2) is 23.6 Å². The van der Waals surface area contributed by atoms with Crippen LogP contribution in [0.5, 0.6) is 0 Å². The van der Waals surface area contributed by atoms with Crippen LogP contribution < -0.4 is 0 Å². The van der Waals surface area contributed by atoms with Crippen molar-refractivity contribution in [2.75, 3.05) is 0 Å². The molecule has 0 fully saturated rings. The SMILES string of the molecule is CC(C)=CCCC1=C[C@@H](C/C(C)=C/CC/C(C)=C/CC2=CC(=O)C=C(C)C2=O)OC1=O. The summed E-state index contributed by atoms with van der Waals surface area (Å²) >= 11 is 0. The quantitative estimate of drug-likeness (QED) is 0.244. The number of ether oxygens (including phenoxy) is 1. The van der Waals surface area contributed by atoms with Gasteiger partial charge in [-0.25, -0.2) is 4.79 Å². The molecule has 4 heteroatoms. The molecule has 0 amide bonds. The number of rotatable bonds is 10. The first-order chi connectivity index (χ1) is 14.7. The van der Waals surface area contributed by atoms with E-state index in [1.807, 2.05) is 19.1 Å². The number of allylic oxidation sites excluding steroid dienone is 9. The van der Waals surface area contributed by atoms with Crippen molar-refractivity contribution in [3.05, 3.63) is 69.9 Å². The van der Waals surface area contributed by atoms with E-state index in [1.165, 1.54) is 28.9 Å². The number of carbonyl (C=O) groups is 3. The summed E-state index contributed by atoms with van der Waals surface area (Å²) in [6.07, 6.45) is 15.5. The normalized spacial score (nSPS) is 19.7. The number of cyclic esters (lactones) is 1. The van der Waals surface area contributed by atoms with Gasteiger partial charge in [-0.1, -0.05) is 34.9 Å². The van der Waals surface area contributed by atoms with Crippen molar-refractivity contribution in [2.24, 2.45) is 0 Å². The maximum absolute atomic E-state index is 12.1. The smallest absolute Gasteiger partial charge is 0.334 e.